The molecule has 0 atom stereocenters. The fourth-order valence-electron chi connectivity index (χ4n) is 3.00. The number of nitrogens with one attached hydrogen (secondary N) is 3. The Bertz CT molecular complexity index is 1310. The second-order valence-corrected chi connectivity index (χ2v) is 7.06. The van der Waals surface area contributed by atoms with Gasteiger partial charge in [0.05, 0.1) is 33.7 Å². The van der Waals surface area contributed by atoms with Gasteiger partial charge in [-0.1, -0.05) is 23.7 Å². The van der Waals surface area contributed by atoms with Crippen LogP contribution in [0.5, 0.6) is 0 Å². The first-order chi connectivity index (χ1) is 14.9. The molecule has 0 aliphatic rings. The zero-order valence-electron chi connectivity index (χ0n) is 15.9. The number of nitrogens with zero attached hydrogens (tertiary/aromatic N) is 1. The van der Waals surface area contributed by atoms with Crippen molar-refractivity contribution in [3.05, 3.63) is 82.9 Å². The number of benzene rings is 3. The maximum absolute atomic E-state index is 14.0. The number of carbonyl (C=O) groups is 2. The van der Waals surface area contributed by atoms with Crippen LogP contribution in [-0.4, -0.2) is 28.3 Å². The van der Waals surface area contributed by atoms with Crippen molar-refractivity contribution in [2.75, 3.05) is 11.9 Å². The first kappa shape index (κ1) is 20.5. The summed E-state index contributed by atoms with van der Waals surface area (Å²) in [5, 5.41) is 5.45. The number of imidazole rings is 1. The lowest BCUT2D eigenvalue weighted by Gasteiger charge is -2.08. The van der Waals surface area contributed by atoms with Crippen molar-refractivity contribution in [1.82, 2.24) is 15.3 Å². The van der Waals surface area contributed by atoms with Crippen LogP contribution in [0.25, 0.3) is 22.4 Å². The van der Waals surface area contributed by atoms with Gasteiger partial charge in [0, 0.05) is 5.69 Å². The minimum absolute atomic E-state index is 0.00377. The molecule has 9 heteroatoms. The van der Waals surface area contributed by atoms with E-state index in [0.29, 0.717) is 16.7 Å². The van der Waals surface area contributed by atoms with Crippen molar-refractivity contribution in [1.29, 1.82) is 0 Å². The summed E-state index contributed by atoms with van der Waals surface area (Å²) in [7, 11) is 0. The van der Waals surface area contributed by atoms with Crippen LogP contribution in [0.2, 0.25) is 5.02 Å². The van der Waals surface area contributed by atoms with Gasteiger partial charge in [0.15, 0.2) is 0 Å². The average Bonchev–Trinajstić information content (AvgIpc) is 3.17. The Morgan fingerprint density at radius 3 is 2.65 bits per heavy atom. The fraction of sp³-hybridized carbons (Fsp3) is 0.0455. The zero-order chi connectivity index (χ0) is 22.0. The van der Waals surface area contributed by atoms with Crippen molar-refractivity contribution in [3.8, 4) is 11.4 Å². The molecule has 2 amide bonds. The van der Waals surface area contributed by atoms with E-state index in [1.54, 1.807) is 42.5 Å². The molecule has 0 saturated carbocycles. The molecule has 0 fully saturated rings. The molecule has 4 aromatic rings. The van der Waals surface area contributed by atoms with Gasteiger partial charge in [-0.2, -0.15) is 0 Å². The summed E-state index contributed by atoms with van der Waals surface area (Å²) in [5.41, 5.74) is 1.76. The number of aromatic nitrogens is 2. The number of halogens is 3. The molecule has 1 heterocycles. The standard InChI is InChI=1S/C22H15ClF2N4O2/c23-16-4-2-1-3-14(16)22(31)26-11-20(30)27-13-6-8-18-19(10-13)29-21(28-18)15-9-12(24)5-7-17(15)25/h1-10H,11H2,(H,26,31)(H,27,30)(H,28,29). The number of carbonyl (C=O) groups excluding carboxylic acids is 2. The van der Waals surface area contributed by atoms with E-state index in [-0.39, 0.29) is 28.5 Å². The van der Waals surface area contributed by atoms with Gasteiger partial charge in [0.2, 0.25) is 5.91 Å². The van der Waals surface area contributed by atoms with Crippen LogP contribution in [0, 0.1) is 11.6 Å². The Hall–Kier alpha value is -3.78. The van der Waals surface area contributed by atoms with Crippen LogP contribution in [0.4, 0.5) is 14.5 Å². The maximum atomic E-state index is 14.0. The lowest BCUT2D eigenvalue weighted by atomic mass is 10.2. The lowest BCUT2D eigenvalue weighted by Crippen LogP contribution is -2.33. The Balaban J connectivity index is 1.45. The van der Waals surface area contributed by atoms with E-state index in [2.05, 4.69) is 20.6 Å². The molecule has 0 spiro atoms. The molecule has 3 aromatic carbocycles. The largest absolute Gasteiger partial charge is 0.343 e. The smallest absolute Gasteiger partial charge is 0.253 e. The van der Waals surface area contributed by atoms with E-state index in [9.17, 15) is 18.4 Å². The molecule has 6 nitrogen and oxygen atoms in total. The molecule has 4 rings (SSSR count). The van der Waals surface area contributed by atoms with Crippen molar-refractivity contribution in [2.24, 2.45) is 0 Å². The van der Waals surface area contributed by atoms with E-state index in [4.69, 9.17) is 11.6 Å². The van der Waals surface area contributed by atoms with Gasteiger partial charge >= 0.3 is 0 Å². The summed E-state index contributed by atoms with van der Waals surface area (Å²) in [5.74, 6) is -1.93. The third-order valence-corrected chi connectivity index (χ3v) is 4.81. The van der Waals surface area contributed by atoms with Crippen molar-refractivity contribution in [3.63, 3.8) is 0 Å². The van der Waals surface area contributed by atoms with E-state index in [0.717, 1.165) is 18.2 Å². The molecule has 3 N–H and O–H groups in total. The number of hydrogen-bond acceptors (Lipinski definition) is 3. The SMILES string of the molecule is O=C(CNC(=O)c1ccccc1Cl)Nc1ccc2nc(-c3cc(F)ccc3F)[nH]c2c1. The van der Waals surface area contributed by atoms with E-state index in [1.165, 1.54) is 0 Å². The van der Waals surface area contributed by atoms with Crippen molar-refractivity contribution < 1.29 is 18.4 Å². The number of amides is 2. The molecule has 0 saturated heterocycles. The molecule has 0 unspecified atom stereocenters. The maximum Gasteiger partial charge on any atom is 0.253 e. The quantitative estimate of drug-likeness (QED) is 0.426. The van der Waals surface area contributed by atoms with Gasteiger partial charge in [0.1, 0.15) is 17.5 Å². The first-order valence-electron chi connectivity index (χ1n) is 9.18. The van der Waals surface area contributed by atoms with Crippen LogP contribution in [-0.2, 0) is 4.79 Å². The summed E-state index contributed by atoms with van der Waals surface area (Å²) in [6.45, 7) is -0.259. The Morgan fingerprint density at radius 1 is 1.03 bits per heavy atom. The highest BCUT2D eigenvalue weighted by Gasteiger charge is 2.13. The Kier molecular flexibility index (Phi) is 5.64. The first-order valence-corrected chi connectivity index (χ1v) is 9.56. The molecular formula is C22H15ClF2N4O2. The third kappa shape index (κ3) is 4.54. The number of H-pyrrole nitrogens is 1. The molecule has 0 radical (unpaired) electrons. The molecule has 0 aliphatic carbocycles. The zero-order valence-corrected chi connectivity index (χ0v) is 16.6. The van der Waals surface area contributed by atoms with E-state index in [1.807, 2.05) is 0 Å². The molecule has 1 aromatic heterocycles. The Labute approximate surface area is 180 Å². The molecule has 0 bridgehead atoms. The molecule has 156 valence electrons. The van der Waals surface area contributed by atoms with Crippen LogP contribution >= 0.6 is 11.6 Å². The third-order valence-electron chi connectivity index (χ3n) is 4.48. The van der Waals surface area contributed by atoms with Gasteiger partial charge in [-0.25, -0.2) is 13.8 Å². The molecule has 0 aliphatic heterocycles. The second kappa shape index (κ2) is 8.53. The fourth-order valence-corrected chi connectivity index (χ4v) is 3.22. The molecule has 31 heavy (non-hydrogen) atoms. The number of aromatic amines is 1. The summed E-state index contributed by atoms with van der Waals surface area (Å²) < 4.78 is 27.5. The van der Waals surface area contributed by atoms with Gasteiger partial charge in [0.25, 0.3) is 5.91 Å². The van der Waals surface area contributed by atoms with Crippen LogP contribution in [0.1, 0.15) is 10.4 Å². The van der Waals surface area contributed by atoms with Gasteiger partial charge < -0.3 is 15.6 Å². The predicted octanol–water partition coefficient (Wildman–Crippen LogP) is 4.53. The van der Waals surface area contributed by atoms with Crippen LogP contribution in [0.3, 0.4) is 0 Å². The minimum Gasteiger partial charge on any atom is -0.343 e. The minimum atomic E-state index is -0.608. The van der Waals surface area contributed by atoms with Gasteiger partial charge in [-0.3, -0.25) is 9.59 Å². The second-order valence-electron chi connectivity index (χ2n) is 6.65. The van der Waals surface area contributed by atoms with E-state index >= 15 is 0 Å². The number of hydrogen-bond donors (Lipinski definition) is 3. The Morgan fingerprint density at radius 2 is 1.84 bits per heavy atom. The van der Waals surface area contributed by atoms with Gasteiger partial charge in [-0.05, 0) is 48.5 Å². The summed E-state index contributed by atoms with van der Waals surface area (Å²) in [4.78, 5) is 31.5. The van der Waals surface area contributed by atoms with Crippen LogP contribution in [0.15, 0.2) is 60.7 Å². The summed E-state index contributed by atoms with van der Waals surface area (Å²) in [6, 6.07) is 14.5. The summed E-state index contributed by atoms with van der Waals surface area (Å²) >= 11 is 5.97. The van der Waals surface area contributed by atoms with Crippen LogP contribution < -0.4 is 10.6 Å². The molecular weight excluding hydrogens is 426 g/mol. The number of rotatable bonds is 5. The number of fused-ring (bicyclic) bond motifs is 1. The van der Waals surface area contributed by atoms with Crippen molar-refractivity contribution >= 4 is 40.1 Å². The highest BCUT2D eigenvalue weighted by atomic mass is 35.5. The lowest BCUT2D eigenvalue weighted by molar-refractivity contribution is -0.115. The van der Waals surface area contributed by atoms with Crippen molar-refractivity contribution in [2.45, 2.75) is 0 Å². The normalized spacial score (nSPS) is 10.8. The summed E-state index contributed by atoms with van der Waals surface area (Å²) in [6.07, 6.45) is 0. The predicted molar refractivity (Wildman–Crippen MR) is 114 cm³/mol. The topological polar surface area (TPSA) is 86.9 Å². The van der Waals surface area contributed by atoms with Gasteiger partial charge in [-0.15, -0.1) is 0 Å². The monoisotopic (exact) mass is 440 g/mol. The van der Waals surface area contributed by atoms with E-state index < -0.39 is 23.4 Å². The highest BCUT2D eigenvalue weighted by molar-refractivity contribution is 6.33. The number of anilines is 1. The average molecular weight is 441 g/mol. The highest BCUT2D eigenvalue weighted by Crippen LogP contribution is 2.25.